The van der Waals surface area contributed by atoms with Crippen LogP contribution in [0.2, 0.25) is 0 Å². The first kappa shape index (κ1) is 18.7. The van der Waals surface area contributed by atoms with Crippen LogP contribution in [0.4, 0.5) is 5.69 Å². The Hall–Kier alpha value is -2.62. The molecule has 0 unspecified atom stereocenters. The highest BCUT2D eigenvalue weighted by Crippen LogP contribution is 2.12. The summed E-state index contributed by atoms with van der Waals surface area (Å²) in [7, 11) is 0. The number of carbonyl (C=O) groups excluding carboxylic acids is 2. The number of nitrogens with one attached hydrogen (secondary N) is 2. The summed E-state index contributed by atoms with van der Waals surface area (Å²) in [5.41, 5.74) is 3.55. The quantitative estimate of drug-likeness (QED) is 0.803. The third kappa shape index (κ3) is 6.42. The maximum Gasteiger partial charge on any atom is 0.251 e. The van der Waals surface area contributed by atoms with Gasteiger partial charge in [-0.3, -0.25) is 9.59 Å². The first-order chi connectivity index (χ1) is 11.9. The number of hydrogen-bond acceptors (Lipinski definition) is 2. The molecule has 2 amide bonds. The lowest BCUT2D eigenvalue weighted by atomic mass is 10.1. The van der Waals surface area contributed by atoms with E-state index in [0.717, 1.165) is 5.56 Å². The van der Waals surface area contributed by atoms with Crippen LogP contribution < -0.4 is 10.6 Å². The van der Waals surface area contributed by atoms with Gasteiger partial charge in [-0.15, -0.1) is 0 Å². The average molecular weight is 338 g/mol. The standard InChI is InChI=1S/C21H26N2O2/c1-15(2)14-22-21(25)18-5-4-6-19(13-18)23-20(24)12-11-17-9-7-16(3)8-10-17/h4-10,13,15H,11-12,14H2,1-3H3,(H,22,25)(H,23,24). The van der Waals surface area contributed by atoms with Crippen molar-refractivity contribution >= 4 is 17.5 Å². The van der Waals surface area contributed by atoms with Crippen LogP contribution >= 0.6 is 0 Å². The first-order valence-electron chi connectivity index (χ1n) is 8.67. The fourth-order valence-electron chi connectivity index (χ4n) is 2.37. The summed E-state index contributed by atoms with van der Waals surface area (Å²) < 4.78 is 0. The molecule has 0 aliphatic rings. The first-order valence-corrected chi connectivity index (χ1v) is 8.67. The lowest BCUT2D eigenvalue weighted by Crippen LogP contribution is -2.27. The van der Waals surface area contributed by atoms with Crippen molar-refractivity contribution in [2.24, 2.45) is 5.92 Å². The summed E-state index contributed by atoms with van der Waals surface area (Å²) >= 11 is 0. The molecule has 132 valence electrons. The SMILES string of the molecule is Cc1ccc(CCC(=O)Nc2cccc(C(=O)NCC(C)C)c2)cc1. The van der Waals surface area contributed by atoms with Gasteiger partial charge < -0.3 is 10.6 Å². The van der Waals surface area contributed by atoms with Gasteiger partial charge >= 0.3 is 0 Å². The second-order valence-electron chi connectivity index (χ2n) is 6.72. The zero-order chi connectivity index (χ0) is 18.2. The smallest absolute Gasteiger partial charge is 0.251 e. The molecule has 0 atom stereocenters. The van der Waals surface area contributed by atoms with Crippen molar-refractivity contribution in [2.45, 2.75) is 33.6 Å². The average Bonchev–Trinajstić information content (AvgIpc) is 2.59. The monoisotopic (exact) mass is 338 g/mol. The Kier molecular flexibility index (Phi) is 6.75. The van der Waals surface area contributed by atoms with Gasteiger partial charge in [0.25, 0.3) is 5.91 Å². The summed E-state index contributed by atoms with van der Waals surface area (Å²) in [4.78, 5) is 24.2. The van der Waals surface area contributed by atoms with Crippen molar-refractivity contribution in [3.63, 3.8) is 0 Å². The highest BCUT2D eigenvalue weighted by Gasteiger charge is 2.08. The molecule has 0 aliphatic carbocycles. The van der Waals surface area contributed by atoms with Gasteiger partial charge in [0.2, 0.25) is 5.91 Å². The Balaban J connectivity index is 1.88. The normalized spacial score (nSPS) is 10.6. The molecular formula is C21H26N2O2. The molecule has 25 heavy (non-hydrogen) atoms. The molecule has 0 aliphatic heterocycles. The lowest BCUT2D eigenvalue weighted by molar-refractivity contribution is -0.116. The van der Waals surface area contributed by atoms with Crippen LogP contribution in [0.15, 0.2) is 48.5 Å². The van der Waals surface area contributed by atoms with Crippen molar-refractivity contribution < 1.29 is 9.59 Å². The second-order valence-corrected chi connectivity index (χ2v) is 6.72. The summed E-state index contributed by atoms with van der Waals surface area (Å²) in [6.45, 7) is 6.77. The predicted molar refractivity (Wildman–Crippen MR) is 102 cm³/mol. The molecule has 0 aromatic heterocycles. The van der Waals surface area contributed by atoms with Crippen LogP contribution in [0, 0.1) is 12.8 Å². The fraction of sp³-hybridized carbons (Fsp3) is 0.333. The van der Waals surface area contributed by atoms with E-state index in [1.807, 2.05) is 45.0 Å². The highest BCUT2D eigenvalue weighted by atomic mass is 16.2. The molecule has 0 saturated heterocycles. The van der Waals surface area contributed by atoms with E-state index in [9.17, 15) is 9.59 Å². The van der Waals surface area contributed by atoms with Crippen LogP contribution in [0.3, 0.4) is 0 Å². The van der Waals surface area contributed by atoms with Crippen molar-refractivity contribution in [3.05, 3.63) is 65.2 Å². The van der Waals surface area contributed by atoms with E-state index < -0.39 is 0 Å². The fourth-order valence-corrected chi connectivity index (χ4v) is 2.37. The Morgan fingerprint density at radius 3 is 2.44 bits per heavy atom. The van der Waals surface area contributed by atoms with Crippen molar-refractivity contribution in [2.75, 3.05) is 11.9 Å². The van der Waals surface area contributed by atoms with Gasteiger partial charge in [-0.2, -0.15) is 0 Å². The van der Waals surface area contributed by atoms with Crippen molar-refractivity contribution in [1.82, 2.24) is 5.32 Å². The number of aryl methyl sites for hydroxylation is 2. The molecule has 4 heteroatoms. The molecule has 2 aromatic carbocycles. The molecular weight excluding hydrogens is 312 g/mol. The minimum Gasteiger partial charge on any atom is -0.352 e. The minimum absolute atomic E-state index is 0.0553. The summed E-state index contributed by atoms with van der Waals surface area (Å²) in [5, 5.41) is 5.74. The number of benzene rings is 2. The maximum absolute atomic E-state index is 12.1. The number of hydrogen-bond donors (Lipinski definition) is 2. The zero-order valence-electron chi connectivity index (χ0n) is 15.1. The molecule has 2 aromatic rings. The lowest BCUT2D eigenvalue weighted by Gasteiger charge is -2.10. The minimum atomic E-state index is -0.121. The van der Waals surface area contributed by atoms with Crippen molar-refractivity contribution in [3.8, 4) is 0 Å². The third-order valence-corrected chi connectivity index (χ3v) is 3.84. The summed E-state index contributed by atoms with van der Waals surface area (Å²) in [6, 6.07) is 15.2. The molecule has 0 fully saturated rings. The van der Waals surface area contributed by atoms with E-state index in [1.54, 1.807) is 24.3 Å². The van der Waals surface area contributed by atoms with Gasteiger partial charge in [-0.05, 0) is 43.0 Å². The van der Waals surface area contributed by atoms with Gasteiger partial charge in [0.15, 0.2) is 0 Å². The molecule has 0 radical (unpaired) electrons. The summed E-state index contributed by atoms with van der Waals surface area (Å²) in [6.07, 6.45) is 1.10. The number of amides is 2. The van der Waals surface area contributed by atoms with Gasteiger partial charge in [-0.1, -0.05) is 49.7 Å². The third-order valence-electron chi connectivity index (χ3n) is 3.84. The summed E-state index contributed by atoms with van der Waals surface area (Å²) in [5.74, 6) is 0.221. The van der Waals surface area contributed by atoms with Gasteiger partial charge in [0.05, 0.1) is 0 Å². The van der Waals surface area contributed by atoms with E-state index in [1.165, 1.54) is 5.56 Å². The number of anilines is 1. The van der Waals surface area contributed by atoms with Crippen LogP contribution in [-0.4, -0.2) is 18.4 Å². The Morgan fingerprint density at radius 2 is 1.76 bits per heavy atom. The Labute approximate surface area is 149 Å². The van der Waals surface area contributed by atoms with Gasteiger partial charge in [0.1, 0.15) is 0 Å². The van der Waals surface area contributed by atoms with E-state index in [2.05, 4.69) is 10.6 Å². The molecule has 2 rings (SSSR count). The largest absolute Gasteiger partial charge is 0.352 e. The highest BCUT2D eigenvalue weighted by molar-refractivity contribution is 5.97. The topological polar surface area (TPSA) is 58.2 Å². The second kappa shape index (κ2) is 9.02. The van der Waals surface area contributed by atoms with E-state index >= 15 is 0 Å². The molecule has 4 nitrogen and oxygen atoms in total. The van der Waals surface area contributed by atoms with E-state index in [4.69, 9.17) is 0 Å². The maximum atomic E-state index is 12.1. The van der Waals surface area contributed by atoms with Gasteiger partial charge in [-0.25, -0.2) is 0 Å². The van der Waals surface area contributed by atoms with Gasteiger partial charge in [0, 0.05) is 24.2 Å². The Morgan fingerprint density at radius 1 is 1.04 bits per heavy atom. The molecule has 0 bridgehead atoms. The van der Waals surface area contributed by atoms with E-state index in [-0.39, 0.29) is 11.8 Å². The molecule has 0 saturated carbocycles. The van der Waals surface area contributed by atoms with Crippen LogP contribution in [-0.2, 0) is 11.2 Å². The zero-order valence-corrected chi connectivity index (χ0v) is 15.1. The van der Waals surface area contributed by atoms with Crippen molar-refractivity contribution in [1.29, 1.82) is 0 Å². The predicted octanol–water partition coefficient (Wildman–Crippen LogP) is 3.95. The molecule has 0 spiro atoms. The Bertz CT molecular complexity index is 721. The molecule has 0 heterocycles. The number of rotatable bonds is 7. The van der Waals surface area contributed by atoms with Crippen LogP contribution in [0.25, 0.3) is 0 Å². The van der Waals surface area contributed by atoms with Crippen LogP contribution in [0.5, 0.6) is 0 Å². The van der Waals surface area contributed by atoms with E-state index in [0.29, 0.717) is 36.6 Å². The van der Waals surface area contributed by atoms with Crippen LogP contribution in [0.1, 0.15) is 41.8 Å². The number of carbonyl (C=O) groups is 2. The molecule has 2 N–H and O–H groups in total.